The molecule has 1 unspecified atom stereocenters. The average molecular weight is 267 g/mol. The van der Waals surface area contributed by atoms with Crippen molar-refractivity contribution in [3.63, 3.8) is 0 Å². The first-order chi connectivity index (χ1) is 9.33. The monoisotopic (exact) mass is 267 g/mol. The van der Waals surface area contributed by atoms with E-state index in [4.69, 9.17) is 18.9 Å². The summed E-state index contributed by atoms with van der Waals surface area (Å²) in [5.41, 5.74) is 1.06. The lowest BCUT2D eigenvalue weighted by atomic mass is 10.2. The third-order valence-electron chi connectivity index (χ3n) is 3.02. The zero-order valence-corrected chi connectivity index (χ0v) is 11.5. The third-order valence-corrected chi connectivity index (χ3v) is 3.02. The first kappa shape index (κ1) is 14.1. The molecule has 106 valence electrons. The molecule has 2 rings (SSSR count). The Bertz CT molecular complexity index is 391. The molecule has 1 aromatic rings. The van der Waals surface area contributed by atoms with Crippen molar-refractivity contribution in [2.75, 3.05) is 40.5 Å². The first-order valence-corrected chi connectivity index (χ1v) is 6.44. The second-order valence-corrected chi connectivity index (χ2v) is 4.40. The molecule has 0 bridgehead atoms. The van der Waals surface area contributed by atoms with Gasteiger partial charge in [-0.2, -0.15) is 0 Å². The number of hydrogen-bond acceptors (Lipinski definition) is 5. The van der Waals surface area contributed by atoms with Crippen LogP contribution in [0.3, 0.4) is 0 Å². The summed E-state index contributed by atoms with van der Waals surface area (Å²) in [6.07, 6.45) is 0.147. The van der Waals surface area contributed by atoms with Crippen LogP contribution in [0, 0.1) is 0 Å². The lowest BCUT2D eigenvalue weighted by Crippen LogP contribution is -2.40. The Kier molecular flexibility index (Phi) is 5.44. The van der Waals surface area contributed by atoms with Crippen molar-refractivity contribution in [2.45, 2.75) is 12.7 Å². The maximum absolute atomic E-state index is 5.67. The number of methoxy groups -OCH3 is 2. The van der Waals surface area contributed by atoms with Crippen LogP contribution >= 0.6 is 0 Å². The molecule has 0 radical (unpaired) electrons. The van der Waals surface area contributed by atoms with E-state index in [2.05, 4.69) is 5.32 Å². The maximum Gasteiger partial charge on any atom is 0.161 e. The molecule has 0 spiro atoms. The van der Waals surface area contributed by atoms with Gasteiger partial charge in [-0.1, -0.05) is 6.07 Å². The van der Waals surface area contributed by atoms with Gasteiger partial charge < -0.3 is 24.3 Å². The maximum atomic E-state index is 5.67. The quantitative estimate of drug-likeness (QED) is 0.839. The zero-order valence-electron chi connectivity index (χ0n) is 11.5. The molecule has 5 nitrogen and oxygen atoms in total. The zero-order chi connectivity index (χ0) is 13.5. The van der Waals surface area contributed by atoms with Gasteiger partial charge in [-0.15, -0.1) is 0 Å². The highest BCUT2D eigenvalue weighted by Gasteiger charge is 2.13. The number of nitrogens with one attached hydrogen (secondary N) is 1. The molecule has 5 heteroatoms. The van der Waals surface area contributed by atoms with Gasteiger partial charge in [0.05, 0.1) is 40.1 Å². The van der Waals surface area contributed by atoms with Crippen LogP contribution in [0.5, 0.6) is 11.5 Å². The van der Waals surface area contributed by atoms with Crippen LogP contribution in [0.15, 0.2) is 18.2 Å². The van der Waals surface area contributed by atoms with Gasteiger partial charge in [0.15, 0.2) is 11.5 Å². The second kappa shape index (κ2) is 7.33. The minimum Gasteiger partial charge on any atom is -0.493 e. The minimum absolute atomic E-state index is 0.147. The fraction of sp³-hybridized carbons (Fsp3) is 0.571. The van der Waals surface area contributed by atoms with E-state index in [0.717, 1.165) is 36.8 Å². The molecule has 0 saturated carbocycles. The molecule has 1 fully saturated rings. The standard InChI is InChI=1S/C14H21NO4/c1-16-13-4-3-11(7-14(13)17-2)9-18-10-12-8-15-5-6-19-12/h3-4,7,12,15H,5-6,8-10H2,1-2H3. The Morgan fingerprint density at radius 2 is 2.11 bits per heavy atom. The second-order valence-electron chi connectivity index (χ2n) is 4.40. The van der Waals surface area contributed by atoms with Gasteiger partial charge in [0.25, 0.3) is 0 Å². The molecule has 0 amide bonds. The Labute approximate surface area is 113 Å². The molecule has 1 atom stereocenters. The van der Waals surface area contributed by atoms with E-state index >= 15 is 0 Å². The van der Waals surface area contributed by atoms with Crippen molar-refractivity contribution in [2.24, 2.45) is 0 Å². The molecule has 1 aromatic carbocycles. The predicted octanol–water partition coefficient (Wildman–Crippen LogP) is 1.21. The Morgan fingerprint density at radius 1 is 1.26 bits per heavy atom. The normalized spacial score (nSPS) is 19.2. The van der Waals surface area contributed by atoms with Crippen molar-refractivity contribution in [3.05, 3.63) is 23.8 Å². The van der Waals surface area contributed by atoms with E-state index in [1.807, 2.05) is 18.2 Å². The van der Waals surface area contributed by atoms with E-state index in [-0.39, 0.29) is 6.10 Å². The average Bonchev–Trinajstić information content (AvgIpc) is 2.48. The summed E-state index contributed by atoms with van der Waals surface area (Å²) in [6, 6.07) is 5.79. The molecular formula is C14H21NO4. The van der Waals surface area contributed by atoms with Gasteiger partial charge in [0.1, 0.15) is 0 Å². The topological polar surface area (TPSA) is 49.0 Å². The summed E-state index contributed by atoms with van der Waals surface area (Å²) in [5, 5.41) is 3.28. The molecular weight excluding hydrogens is 246 g/mol. The summed E-state index contributed by atoms with van der Waals surface area (Å²) in [6.45, 7) is 3.67. The van der Waals surface area contributed by atoms with Crippen LogP contribution in [0.25, 0.3) is 0 Å². The fourth-order valence-electron chi connectivity index (χ4n) is 2.01. The molecule has 1 saturated heterocycles. The van der Waals surface area contributed by atoms with Crippen LogP contribution in [0.4, 0.5) is 0 Å². The minimum atomic E-state index is 0.147. The van der Waals surface area contributed by atoms with Crippen molar-refractivity contribution in [3.8, 4) is 11.5 Å². The van der Waals surface area contributed by atoms with Gasteiger partial charge in [-0.3, -0.25) is 0 Å². The Morgan fingerprint density at radius 3 is 2.79 bits per heavy atom. The molecule has 1 aliphatic heterocycles. The molecule has 0 aliphatic carbocycles. The van der Waals surface area contributed by atoms with Crippen LogP contribution < -0.4 is 14.8 Å². The third kappa shape index (κ3) is 4.09. The smallest absolute Gasteiger partial charge is 0.161 e. The highest BCUT2D eigenvalue weighted by molar-refractivity contribution is 5.42. The van der Waals surface area contributed by atoms with Crippen LogP contribution in [-0.4, -0.2) is 46.6 Å². The van der Waals surface area contributed by atoms with E-state index in [1.165, 1.54) is 0 Å². The summed E-state index contributed by atoms with van der Waals surface area (Å²) >= 11 is 0. The number of morpholine rings is 1. The lowest BCUT2D eigenvalue weighted by Gasteiger charge is -2.23. The van der Waals surface area contributed by atoms with Gasteiger partial charge >= 0.3 is 0 Å². The van der Waals surface area contributed by atoms with Crippen molar-refractivity contribution in [1.82, 2.24) is 5.32 Å². The SMILES string of the molecule is COc1ccc(COCC2CNCCO2)cc1OC. The highest BCUT2D eigenvalue weighted by atomic mass is 16.5. The van der Waals surface area contributed by atoms with E-state index in [1.54, 1.807) is 14.2 Å². The molecule has 1 N–H and O–H groups in total. The molecule has 1 aliphatic rings. The first-order valence-electron chi connectivity index (χ1n) is 6.44. The van der Waals surface area contributed by atoms with E-state index in [0.29, 0.717) is 13.2 Å². The van der Waals surface area contributed by atoms with Crippen molar-refractivity contribution in [1.29, 1.82) is 0 Å². The van der Waals surface area contributed by atoms with Crippen LogP contribution in [0.1, 0.15) is 5.56 Å². The van der Waals surface area contributed by atoms with Crippen molar-refractivity contribution >= 4 is 0 Å². The van der Waals surface area contributed by atoms with Gasteiger partial charge in [-0.05, 0) is 17.7 Å². The van der Waals surface area contributed by atoms with Gasteiger partial charge in [0.2, 0.25) is 0 Å². The van der Waals surface area contributed by atoms with Crippen LogP contribution in [0.2, 0.25) is 0 Å². The van der Waals surface area contributed by atoms with Gasteiger partial charge in [-0.25, -0.2) is 0 Å². The Hall–Kier alpha value is -1.30. The summed E-state index contributed by atoms with van der Waals surface area (Å²) < 4.78 is 21.7. The Balaban J connectivity index is 1.81. The van der Waals surface area contributed by atoms with Crippen molar-refractivity contribution < 1.29 is 18.9 Å². The molecule has 0 aromatic heterocycles. The largest absolute Gasteiger partial charge is 0.493 e. The van der Waals surface area contributed by atoms with Crippen LogP contribution in [-0.2, 0) is 16.1 Å². The molecule has 1 heterocycles. The van der Waals surface area contributed by atoms with Gasteiger partial charge in [0, 0.05) is 13.1 Å². The summed E-state index contributed by atoms with van der Waals surface area (Å²) in [5.74, 6) is 1.45. The van der Waals surface area contributed by atoms with E-state index < -0.39 is 0 Å². The summed E-state index contributed by atoms with van der Waals surface area (Å²) in [4.78, 5) is 0. The number of benzene rings is 1. The van der Waals surface area contributed by atoms with E-state index in [9.17, 15) is 0 Å². The lowest BCUT2D eigenvalue weighted by molar-refractivity contribution is -0.0357. The highest BCUT2D eigenvalue weighted by Crippen LogP contribution is 2.27. The number of hydrogen-bond donors (Lipinski definition) is 1. The number of rotatable bonds is 6. The predicted molar refractivity (Wildman–Crippen MR) is 71.8 cm³/mol. The number of ether oxygens (including phenoxy) is 4. The molecule has 19 heavy (non-hydrogen) atoms. The fourth-order valence-corrected chi connectivity index (χ4v) is 2.01. The summed E-state index contributed by atoms with van der Waals surface area (Å²) in [7, 11) is 3.26.